The molecule has 0 bridgehead atoms. The Balaban J connectivity index is 1.82. The fraction of sp³-hybridized carbons (Fsp3) is 0.240. The first-order valence-corrected chi connectivity index (χ1v) is 13.4. The number of benzene rings is 1. The molecule has 204 valence electrons. The van der Waals surface area contributed by atoms with Gasteiger partial charge in [-0.2, -0.15) is 13.2 Å². The lowest BCUT2D eigenvalue weighted by Gasteiger charge is -2.18. The number of carbonyl (C=O) groups is 1. The number of hydrogen-bond acceptors (Lipinski definition) is 6. The van der Waals surface area contributed by atoms with E-state index in [9.17, 15) is 22.2 Å². The van der Waals surface area contributed by atoms with Gasteiger partial charge in [0, 0.05) is 17.8 Å². The average molecular weight is 578 g/mol. The number of pyridine rings is 2. The van der Waals surface area contributed by atoms with E-state index in [1.807, 2.05) is 0 Å². The first kappa shape index (κ1) is 28.2. The van der Waals surface area contributed by atoms with Crippen molar-refractivity contribution in [1.82, 2.24) is 19.5 Å². The minimum absolute atomic E-state index is 0.0598. The summed E-state index contributed by atoms with van der Waals surface area (Å²) in [5.41, 5.74) is 0.114. The van der Waals surface area contributed by atoms with Gasteiger partial charge >= 0.3 is 12.2 Å². The lowest BCUT2D eigenvalue weighted by Crippen LogP contribution is -2.33. The van der Waals surface area contributed by atoms with Gasteiger partial charge < -0.3 is 4.57 Å². The molecular weight excluding hydrogens is 555 g/mol. The fourth-order valence-corrected chi connectivity index (χ4v) is 4.97. The van der Waals surface area contributed by atoms with Gasteiger partial charge in [-0.3, -0.25) is 19.8 Å². The Morgan fingerprint density at radius 1 is 1.15 bits per heavy atom. The quantitative estimate of drug-likeness (QED) is 0.205. The van der Waals surface area contributed by atoms with Gasteiger partial charge in [-0.25, -0.2) is 19.7 Å². The second-order valence-electron chi connectivity index (χ2n) is 8.25. The molecule has 1 unspecified atom stereocenters. The Morgan fingerprint density at radius 2 is 1.85 bits per heavy atom. The van der Waals surface area contributed by atoms with Crippen LogP contribution >= 0.6 is 11.6 Å². The van der Waals surface area contributed by atoms with Crippen LogP contribution in [0.1, 0.15) is 25.2 Å². The van der Waals surface area contributed by atoms with Crippen molar-refractivity contribution in [2.45, 2.75) is 31.3 Å². The zero-order chi connectivity index (χ0) is 28.5. The Morgan fingerprint density at radius 3 is 2.44 bits per heavy atom. The SMILES string of the molecule is CCc1nc(C(F)(F)F)cc2nc(-c3nc(NC(=O)N(C=N)c4ccc(Cl)cc4)ccc3S(=O)CC)n(C)c12. The first-order chi connectivity index (χ1) is 18.5. The highest BCUT2D eigenvalue weighted by Gasteiger charge is 2.34. The average Bonchev–Trinajstić information content (AvgIpc) is 3.25. The number of anilines is 2. The van der Waals surface area contributed by atoms with E-state index in [1.54, 1.807) is 49.7 Å². The molecule has 0 saturated heterocycles. The molecule has 4 aromatic rings. The molecule has 0 aliphatic carbocycles. The van der Waals surface area contributed by atoms with E-state index in [0.717, 1.165) is 17.3 Å². The smallest absolute Gasteiger partial charge is 0.324 e. The second kappa shape index (κ2) is 11.1. The van der Waals surface area contributed by atoms with Gasteiger partial charge in [-0.05, 0) is 48.9 Å². The zero-order valence-electron chi connectivity index (χ0n) is 21.0. The number of alkyl halides is 3. The standard InChI is InChI=1S/C25H23ClF3N7O2S/c1-4-16-22-17(12-19(31-16)25(27,28)29)32-23(35(22)3)21-18(39(38)5-2)10-11-20(33-21)34-24(37)36(13-30)15-8-6-14(26)7-9-15/h6-13,30H,4-5H2,1-3H3,(H,33,34,37). The molecule has 2 amide bonds. The molecule has 4 rings (SSSR count). The number of carbonyl (C=O) groups excluding carboxylic acids is 1. The van der Waals surface area contributed by atoms with E-state index in [0.29, 0.717) is 21.1 Å². The summed E-state index contributed by atoms with van der Waals surface area (Å²) < 4.78 is 54.9. The van der Waals surface area contributed by atoms with Crippen molar-refractivity contribution in [1.29, 1.82) is 5.41 Å². The fourth-order valence-electron chi connectivity index (χ4n) is 3.96. The van der Waals surface area contributed by atoms with Crippen LogP contribution in [0.4, 0.5) is 29.5 Å². The molecule has 0 fully saturated rings. The highest BCUT2D eigenvalue weighted by molar-refractivity contribution is 7.85. The van der Waals surface area contributed by atoms with E-state index in [1.165, 1.54) is 12.1 Å². The number of fused-ring (bicyclic) bond motifs is 1. The van der Waals surface area contributed by atoms with Crippen molar-refractivity contribution in [2.24, 2.45) is 7.05 Å². The van der Waals surface area contributed by atoms with Gasteiger partial charge in [0.15, 0.2) is 5.82 Å². The van der Waals surface area contributed by atoms with Gasteiger partial charge in [0.2, 0.25) is 0 Å². The van der Waals surface area contributed by atoms with E-state index in [4.69, 9.17) is 17.0 Å². The van der Waals surface area contributed by atoms with Crippen LogP contribution in [0, 0.1) is 5.41 Å². The van der Waals surface area contributed by atoms with Crippen LogP contribution in [0.3, 0.4) is 0 Å². The summed E-state index contributed by atoms with van der Waals surface area (Å²) in [6.07, 6.45) is -3.61. The molecule has 0 aliphatic heterocycles. The Hall–Kier alpha value is -3.84. The van der Waals surface area contributed by atoms with E-state index >= 15 is 0 Å². The molecule has 3 heterocycles. The van der Waals surface area contributed by atoms with Crippen molar-refractivity contribution >= 4 is 57.3 Å². The number of urea groups is 1. The third kappa shape index (κ3) is 5.64. The van der Waals surface area contributed by atoms with E-state index in [-0.39, 0.29) is 40.7 Å². The molecule has 0 radical (unpaired) electrons. The van der Waals surface area contributed by atoms with E-state index < -0.39 is 28.7 Å². The number of rotatable bonds is 7. The molecule has 14 heteroatoms. The zero-order valence-corrected chi connectivity index (χ0v) is 22.6. The normalized spacial score (nSPS) is 12.4. The maximum atomic E-state index is 13.5. The number of hydrogen-bond donors (Lipinski definition) is 2. The molecule has 0 saturated carbocycles. The molecule has 0 spiro atoms. The van der Waals surface area contributed by atoms with Crippen molar-refractivity contribution in [3.05, 3.63) is 58.9 Å². The molecule has 9 nitrogen and oxygen atoms in total. The minimum atomic E-state index is -4.65. The first-order valence-electron chi connectivity index (χ1n) is 11.7. The summed E-state index contributed by atoms with van der Waals surface area (Å²) in [6.45, 7) is 3.41. The van der Waals surface area contributed by atoms with Gasteiger partial charge in [0.05, 0.1) is 44.4 Å². The number of nitrogens with zero attached hydrogens (tertiary/aromatic N) is 5. The van der Waals surface area contributed by atoms with Gasteiger partial charge in [-0.1, -0.05) is 25.4 Å². The summed E-state index contributed by atoms with van der Waals surface area (Å²) in [7, 11) is 0.108. The van der Waals surface area contributed by atoms with Crippen LogP contribution in [-0.4, -0.2) is 41.9 Å². The summed E-state index contributed by atoms with van der Waals surface area (Å²) >= 11 is 5.91. The molecule has 3 aromatic heterocycles. The van der Waals surface area contributed by atoms with Gasteiger partial charge in [-0.15, -0.1) is 0 Å². The maximum Gasteiger partial charge on any atom is 0.433 e. The molecule has 1 aromatic carbocycles. The number of halogens is 4. The molecule has 0 aliphatic rings. The largest absolute Gasteiger partial charge is 0.433 e. The second-order valence-corrected chi connectivity index (χ2v) is 10.4. The number of amides is 2. The minimum Gasteiger partial charge on any atom is -0.324 e. The van der Waals surface area contributed by atoms with Crippen LogP contribution < -0.4 is 10.2 Å². The highest BCUT2D eigenvalue weighted by atomic mass is 35.5. The lowest BCUT2D eigenvalue weighted by atomic mass is 10.2. The third-order valence-electron chi connectivity index (χ3n) is 5.81. The summed E-state index contributed by atoms with van der Waals surface area (Å²) in [5.74, 6) is 0.475. The van der Waals surface area contributed by atoms with Crippen molar-refractivity contribution in [2.75, 3.05) is 16.0 Å². The van der Waals surface area contributed by atoms with Crippen LogP contribution in [0.2, 0.25) is 5.02 Å². The Kier molecular flexibility index (Phi) is 8.02. The van der Waals surface area contributed by atoms with Crippen molar-refractivity contribution < 1.29 is 22.2 Å². The van der Waals surface area contributed by atoms with Crippen LogP contribution in [0.5, 0.6) is 0 Å². The maximum absolute atomic E-state index is 13.5. The van der Waals surface area contributed by atoms with Gasteiger partial charge in [0.1, 0.15) is 17.2 Å². The topological polar surface area (TPSA) is 117 Å². The molecule has 1 atom stereocenters. The Bertz CT molecular complexity index is 1590. The highest BCUT2D eigenvalue weighted by Crippen LogP contribution is 2.34. The predicted molar refractivity (Wildman–Crippen MR) is 145 cm³/mol. The number of nitrogens with one attached hydrogen (secondary N) is 2. The summed E-state index contributed by atoms with van der Waals surface area (Å²) in [5, 5.41) is 10.7. The molecular formula is C25H23ClF3N7O2S. The van der Waals surface area contributed by atoms with Gasteiger partial charge in [0.25, 0.3) is 0 Å². The number of imidazole rings is 1. The van der Waals surface area contributed by atoms with Crippen LogP contribution in [-0.2, 0) is 30.4 Å². The monoisotopic (exact) mass is 577 g/mol. The van der Waals surface area contributed by atoms with Crippen molar-refractivity contribution in [3.8, 4) is 11.5 Å². The molecule has 2 N–H and O–H groups in total. The molecule has 39 heavy (non-hydrogen) atoms. The lowest BCUT2D eigenvalue weighted by molar-refractivity contribution is -0.141. The van der Waals surface area contributed by atoms with Crippen LogP contribution in [0.15, 0.2) is 47.4 Å². The van der Waals surface area contributed by atoms with Crippen LogP contribution in [0.25, 0.3) is 22.6 Å². The predicted octanol–water partition coefficient (Wildman–Crippen LogP) is 6.04. The Labute approximate surface area is 229 Å². The van der Waals surface area contributed by atoms with Crippen molar-refractivity contribution in [3.63, 3.8) is 0 Å². The number of aryl methyl sites for hydroxylation is 2. The summed E-state index contributed by atoms with van der Waals surface area (Å²) in [4.78, 5) is 27.0. The van der Waals surface area contributed by atoms with E-state index in [2.05, 4.69) is 20.3 Å². The third-order valence-corrected chi connectivity index (χ3v) is 7.41. The summed E-state index contributed by atoms with van der Waals surface area (Å²) in [6, 6.07) is 9.41. The number of aromatic nitrogens is 4.